The number of rotatable bonds is 3. The van der Waals surface area contributed by atoms with Gasteiger partial charge in [-0.1, -0.05) is 0 Å². The first-order chi connectivity index (χ1) is 6.60. The van der Waals surface area contributed by atoms with Gasteiger partial charge in [0, 0.05) is 0 Å². The summed E-state index contributed by atoms with van der Waals surface area (Å²) in [7, 11) is -3.78. The van der Waals surface area contributed by atoms with Crippen LogP contribution in [0.25, 0.3) is 0 Å². The van der Waals surface area contributed by atoms with Crippen molar-refractivity contribution < 1.29 is 13.2 Å². The van der Waals surface area contributed by atoms with Crippen LogP contribution < -0.4 is 4.74 Å². The third-order valence-electron chi connectivity index (χ3n) is 1.57. The fraction of sp³-hybridized carbons (Fsp3) is 0.222. The molecule has 0 atom stereocenters. The zero-order valence-electron chi connectivity index (χ0n) is 7.60. The molecule has 0 saturated carbocycles. The monoisotopic (exact) mass is 211 g/mol. The molecule has 5 heteroatoms. The molecule has 1 rings (SSSR count). The maximum atomic E-state index is 11.1. The molecule has 1 aromatic carbocycles. The number of hydrogen-bond acceptors (Lipinski definition) is 4. The highest BCUT2D eigenvalue weighted by Crippen LogP contribution is 2.16. The molecule has 74 valence electrons. The normalized spacial score (nSPS) is 10.6. The number of thiocyanates is 1. The lowest BCUT2D eigenvalue weighted by molar-refractivity contribution is 0.340. The van der Waals surface area contributed by atoms with Gasteiger partial charge in [0.05, 0.1) is 11.5 Å². The Kier molecular flexibility index (Phi) is 3.10. The van der Waals surface area contributed by atoms with E-state index in [1.165, 1.54) is 29.7 Å². The van der Waals surface area contributed by atoms with Gasteiger partial charge in [-0.3, -0.25) is 0 Å². The fourth-order valence-corrected chi connectivity index (χ4v) is 1.53. The van der Waals surface area contributed by atoms with Gasteiger partial charge in [0.25, 0.3) is 9.84 Å². The van der Waals surface area contributed by atoms with Gasteiger partial charge >= 0.3 is 0 Å². The molecule has 0 saturated heterocycles. The fourth-order valence-electron chi connectivity index (χ4n) is 0.934. The lowest BCUT2D eigenvalue weighted by Crippen LogP contribution is -1.97. The van der Waals surface area contributed by atoms with Crippen LogP contribution in [0.4, 0.5) is 0 Å². The van der Waals surface area contributed by atoms with Crippen molar-refractivity contribution in [3.05, 3.63) is 24.3 Å². The molecule has 0 spiro atoms. The van der Waals surface area contributed by atoms with Gasteiger partial charge in [0.15, 0.2) is 5.40 Å². The molecule has 0 unspecified atom stereocenters. The summed E-state index contributed by atoms with van der Waals surface area (Å²) < 4.78 is 27.3. The Hall–Kier alpha value is -1.54. The van der Waals surface area contributed by atoms with E-state index in [1.54, 1.807) is 0 Å². The Morgan fingerprint density at radius 3 is 2.36 bits per heavy atom. The molecule has 0 N–H and O–H groups in total. The second-order valence-electron chi connectivity index (χ2n) is 2.50. The summed E-state index contributed by atoms with van der Waals surface area (Å²) in [5.41, 5.74) is 0. The van der Waals surface area contributed by atoms with Crippen molar-refractivity contribution in [2.45, 2.75) is 11.8 Å². The molecule has 0 aliphatic carbocycles. The topological polar surface area (TPSA) is 67.2 Å². The Morgan fingerprint density at radius 2 is 1.93 bits per heavy atom. The maximum Gasteiger partial charge on any atom is 0.269 e. The highest BCUT2D eigenvalue weighted by atomic mass is 32.2. The van der Waals surface area contributed by atoms with E-state index in [2.05, 4.69) is 0 Å². The lowest BCUT2D eigenvalue weighted by Gasteiger charge is -2.02. The molecule has 14 heavy (non-hydrogen) atoms. The third-order valence-corrected chi connectivity index (χ3v) is 2.70. The van der Waals surface area contributed by atoms with Crippen LogP contribution in [-0.2, 0) is 9.84 Å². The summed E-state index contributed by atoms with van der Waals surface area (Å²) in [6, 6.07) is 5.74. The summed E-state index contributed by atoms with van der Waals surface area (Å²) in [4.78, 5) is -0.0107. The molecule has 0 fully saturated rings. The molecule has 0 aliphatic rings. The van der Waals surface area contributed by atoms with E-state index in [0.29, 0.717) is 12.4 Å². The van der Waals surface area contributed by atoms with Gasteiger partial charge in [0.1, 0.15) is 5.75 Å². The molecule has 0 amide bonds. The largest absolute Gasteiger partial charge is 0.494 e. The van der Waals surface area contributed by atoms with Crippen LogP contribution in [-0.4, -0.2) is 15.0 Å². The summed E-state index contributed by atoms with van der Waals surface area (Å²) in [5.74, 6) is 0.587. The Labute approximate surface area is 82.7 Å². The minimum absolute atomic E-state index is 0.0107. The highest BCUT2D eigenvalue weighted by molar-refractivity contribution is 7.95. The van der Waals surface area contributed by atoms with E-state index in [1.807, 2.05) is 6.92 Å². The highest BCUT2D eigenvalue weighted by Gasteiger charge is 2.11. The number of nitriles is 1. The van der Waals surface area contributed by atoms with Crippen molar-refractivity contribution in [2.24, 2.45) is 0 Å². The third kappa shape index (κ3) is 2.24. The van der Waals surface area contributed by atoms with Crippen molar-refractivity contribution in [1.82, 2.24) is 0 Å². The van der Waals surface area contributed by atoms with E-state index in [-0.39, 0.29) is 4.90 Å². The number of hydrogen-bond donors (Lipinski definition) is 0. The van der Waals surface area contributed by atoms with Crippen LogP contribution in [0, 0.1) is 10.7 Å². The smallest absolute Gasteiger partial charge is 0.269 e. The Bertz CT molecular complexity index is 442. The van der Waals surface area contributed by atoms with Crippen LogP contribution in [0.15, 0.2) is 29.2 Å². The van der Waals surface area contributed by atoms with Gasteiger partial charge in [-0.25, -0.2) is 8.42 Å². The summed E-state index contributed by atoms with van der Waals surface area (Å²) in [6.45, 7) is 2.35. The number of benzene rings is 1. The van der Waals surface area contributed by atoms with Crippen LogP contribution in [0.1, 0.15) is 6.92 Å². The van der Waals surface area contributed by atoms with Crippen molar-refractivity contribution in [3.8, 4) is 11.2 Å². The summed E-state index contributed by atoms with van der Waals surface area (Å²) in [5, 5.41) is 9.59. The first kappa shape index (κ1) is 10.5. The minimum Gasteiger partial charge on any atom is -0.494 e. The Morgan fingerprint density at radius 1 is 1.36 bits per heavy atom. The molecule has 0 heterocycles. The second kappa shape index (κ2) is 4.11. The van der Waals surface area contributed by atoms with Crippen LogP contribution in [0.5, 0.6) is 5.75 Å². The zero-order chi connectivity index (χ0) is 10.6. The van der Waals surface area contributed by atoms with Crippen molar-refractivity contribution in [3.63, 3.8) is 0 Å². The average molecular weight is 211 g/mol. The van der Waals surface area contributed by atoms with Crippen LogP contribution in [0.2, 0.25) is 0 Å². The average Bonchev–Trinajstić information content (AvgIpc) is 2.19. The molecule has 0 bridgehead atoms. The first-order valence-corrected chi connectivity index (χ1v) is 5.47. The predicted molar refractivity (Wildman–Crippen MR) is 50.4 cm³/mol. The van der Waals surface area contributed by atoms with E-state index in [9.17, 15) is 8.42 Å². The standard InChI is InChI=1S/C9H9NO3S/c1-2-13-8-3-5-9(6-4-8)14(11,12)7-10/h3-6H,2H2,1H3. The van der Waals surface area contributed by atoms with Crippen LogP contribution >= 0.6 is 0 Å². The van der Waals surface area contributed by atoms with Gasteiger partial charge in [-0.05, 0) is 31.2 Å². The van der Waals surface area contributed by atoms with Gasteiger partial charge in [0.2, 0.25) is 0 Å². The van der Waals surface area contributed by atoms with Gasteiger partial charge in [-0.2, -0.15) is 5.26 Å². The summed E-state index contributed by atoms with van der Waals surface area (Å²) >= 11 is 0. The van der Waals surface area contributed by atoms with Crippen LogP contribution in [0.3, 0.4) is 0 Å². The van der Waals surface area contributed by atoms with Gasteiger partial charge < -0.3 is 4.74 Å². The van der Waals surface area contributed by atoms with E-state index < -0.39 is 9.84 Å². The number of nitrogens with zero attached hydrogens (tertiary/aromatic N) is 1. The molecule has 0 aliphatic heterocycles. The molecular weight excluding hydrogens is 202 g/mol. The quantitative estimate of drug-likeness (QED) is 0.559. The van der Waals surface area contributed by atoms with E-state index >= 15 is 0 Å². The molecule has 0 radical (unpaired) electrons. The van der Waals surface area contributed by atoms with E-state index in [0.717, 1.165) is 0 Å². The lowest BCUT2D eigenvalue weighted by atomic mass is 10.3. The summed E-state index contributed by atoms with van der Waals surface area (Å²) in [6.07, 6.45) is 0. The van der Waals surface area contributed by atoms with Crippen molar-refractivity contribution >= 4 is 9.84 Å². The molecule has 1 aromatic rings. The second-order valence-corrected chi connectivity index (χ2v) is 4.16. The number of ether oxygens (including phenoxy) is 1. The first-order valence-electron chi connectivity index (χ1n) is 3.99. The predicted octanol–water partition coefficient (Wildman–Crippen LogP) is 1.34. The molecule has 4 nitrogen and oxygen atoms in total. The molecule has 0 aromatic heterocycles. The zero-order valence-corrected chi connectivity index (χ0v) is 8.41. The van der Waals surface area contributed by atoms with E-state index in [4.69, 9.17) is 10.00 Å². The maximum absolute atomic E-state index is 11.1. The number of sulfone groups is 1. The SMILES string of the molecule is CCOc1ccc(S(=O)(=O)C#N)cc1. The van der Waals surface area contributed by atoms with Gasteiger partial charge in [-0.15, -0.1) is 0 Å². The molecular formula is C9H9NO3S. The Balaban J connectivity index is 3.02. The van der Waals surface area contributed by atoms with Crippen molar-refractivity contribution in [2.75, 3.05) is 6.61 Å². The van der Waals surface area contributed by atoms with Crippen molar-refractivity contribution in [1.29, 1.82) is 5.26 Å². The minimum atomic E-state index is -3.78.